The number of anilines is 1. The first-order valence-corrected chi connectivity index (χ1v) is 8.35. The van der Waals surface area contributed by atoms with E-state index >= 15 is 0 Å². The quantitative estimate of drug-likeness (QED) is 0.419. The van der Waals surface area contributed by atoms with E-state index < -0.39 is 5.97 Å². The summed E-state index contributed by atoms with van der Waals surface area (Å²) in [4.78, 5) is 24.1. The maximum atomic E-state index is 13.0. The summed E-state index contributed by atoms with van der Waals surface area (Å²) < 4.78 is 19.3. The number of carbonyl (C=O) groups excluding carboxylic acids is 2. The molecule has 0 saturated carbocycles. The number of benzene rings is 2. The van der Waals surface area contributed by atoms with Gasteiger partial charge in [0.15, 0.2) is 0 Å². The standard InChI is InChI=1S/C21H16FN3O3/c1-28-21(27)14(11-23)10-15-12-25(19-5-3-2-4-18(15)19)13-20(26)24-17-8-6-16(22)7-9-17/h2-10,12H,13H2,1H3,(H,24,26)/b14-10+. The molecule has 0 unspecified atom stereocenters. The molecule has 1 heterocycles. The summed E-state index contributed by atoms with van der Waals surface area (Å²) in [5, 5.41) is 12.7. The highest BCUT2D eigenvalue weighted by Crippen LogP contribution is 2.24. The monoisotopic (exact) mass is 377 g/mol. The fraction of sp³-hybridized carbons (Fsp3) is 0.0952. The third kappa shape index (κ3) is 4.07. The molecule has 140 valence electrons. The van der Waals surface area contributed by atoms with E-state index in [-0.39, 0.29) is 23.8 Å². The first-order chi connectivity index (χ1) is 13.5. The number of ether oxygens (including phenoxy) is 1. The number of amides is 1. The minimum Gasteiger partial charge on any atom is -0.465 e. The summed E-state index contributed by atoms with van der Waals surface area (Å²) in [6, 6.07) is 14.6. The number of methoxy groups -OCH3 is 1. The van der Waals surface area contributed by atoms with Crippen LogP contribution in [-0.2, 0) is 20.9 Å². The number of hydrogen-bond acceptors (Lipinski definition) is 4. The van der Waals surface area contributed by atoms with Crippen LogP contribution < -0.4 is 5.32 Å². The van der Waals surface area contributed by atoms with Gasteiger partial charge in [0.05, 0.1) is 7.11 Å². The Balaban J connectivity index is 1.91. The van der Waals surface area contributed by atoms with Gasteiger partial charge in [-0.05, 0) is 36.4 Å². The van der Waals surface area contributed by atoms with Crippen LogP contribution in [0.4, 0.5) is 10.1 Å². The zero-order valence-corrected chi connectivity index (χ0v) is 15.0. The van der Waals surface area contributed by atoms with Gasteiger partial charge in [0.1, 0.15) is 24.0 Å². The Kier molecular flexibility index (Phi) is 5.51. The van der Waals surface area contributed by atoms with Gasteiger partial charge < -0.3 is 14.6 Å². The summed E-state index contributed by atoms with van der Waals surface area (Å²) in [7, 11) is 1.20. The van der Waals surface area contributed by atoms with Crippen LogP contribution in [0.15, 0.2) is 60.3 Å². The van der Waals surface area contributed by atoms with Gasteiger partial charge in [-0.15, -0.1) is 0 Å². The van der Waals surface area contributed by atoms with Gasteiger partial charge in [-0.2, -0.15) is 5.26 Å². The van der Waals surface area contributed by atoms with E-state index in [4.69, 9.17) is 0 Å². The van der Waals surface area contributed by atoms with Crippen molar-refractivity contribution < 1.29 is 18.7 Å². The van der Waals surface area contributed by atoms with Crippen molar-refractivity contribution in [2.45, 2.75) is 6.54 Å². The molecule has 0 fully saturated rings. The molecule has 1 aromatic heterocycles. The van der Waals surface area contributed by atoms with Crippen LogP contribution in [0, 0.1) is 17.1 Å². The molecule has 0 aliphatic rings. The predicted molar refractivity (Wildman–Crippen MR) is 103 cm³/mol. The van der Waals surface area contributed by atoms with Gasteiger partial charge in [0.25, 0.3) is 0 Å². The number of aromatic nitrogens is 1. The highest BCUT2D eigenvalue weighted by atomic mass is 19.1. The summed E-state index contributed by atoms with van der Waals surface area (Å²) in [6.45, 7) is 0.00579. The smallest absolute Gasteiger partial charge is 0.348 e. The average molecular weight is 377 g/mol. The molecule has 0 spiro atoms. The first kappa shape index (κ1) is 18.9. The highest BCUT2D eigenvalue weighted by Gasteiger charge is 2.14. The number of nitriles is 1. The minimum absolute atomic E-state index is 0.00579. The predicted octanol–water partition coefficient (Wildman–Crippen LogP) is 3.50. The molecule has 0 bridgehead atoms. The van der Waals surface area contributed by atoms with Crippen molar-refractivity contribution in [2.75, 3.05) is 12.4 Å². The fourth-order valence-corrected chi connectivity index (χ4v) is 2.81. The summed E-state index contributed by atoms with van der Waals surface area (Å²) >= 11 is 0. The van der Waals surface area contributed by atoms with E-state index in [2.05, 4.69) is 10.1 Å². The van der Waals surface area contributed by atoms with E-state index in [0.717, 1.165) is 10.9 Å². The van der Waals surface area contributed by atoms with Gasteiger partial charge in [-0.3, -0.25) is 4.79 Å². The van der Waals surface area contributed by atoms with Crippen LogP contribution in [0.3, 0.4) is 0 Å². The second kappa shape index (κ2) is 8.18. The van der Waals surface area contributed by atoms with Crippen molar-refractivity contribution >= 4 is 34.5 Å². The van der Waals surface area contributed by atoms with Crippen molar-refractivity contribution in [3.05, 3.63) is 71.7 Å². The molecule has 0 aliphatic carbocycles. The summed E-state index contributed by atoms with van der Waals surface area (Å²) in [5.74, 6) is -1.41. The number of nitrogens with zero attached hydrogens (tertiary/aromatic N) is 2. The lowest BCUT2D eigenvalue weighted by Crippen LogP contribution is -2.18. The highest BCUT2D eigenvalue weighted by molar-refractivity contribution is 6.01. The molecule has 3 rings (SSSR count). The number of hydrogen-bond donors (Lipinski definition) is 1. The molecule has 2 aromatic carbocycles. The van der Waals surface area contributed by atoms with Crippen LogP contribution in [-0.4, -0.2) is 23.6 Å². The Bertz CT molecular complexity index is 1110. The van der Waals surface area contributed by atoms with E-state index in [9.17, 15) is 19.2 Å². The van der Waals surface area contributed by atoms with Gasteiger partial charge in [0.2, 0.25) is 5.91 Å². The molecule has 28 heavy (non-hydrogen) atoms. The number of nitrogens with one attached hydrogen (secondary N) is 1. The lowest BCUT2D eigenvalue weighted by Gasteiger charge is -2.07. The zero-order chi connectivity index (χ0) is 20.1. The lowest BCUT2D eigenvalue weighted by molar-refractivity contribution is -0.135. The number of esters is 1. The molecule has 1 N–H and O–H groups in total. The van der Waals surface area contributed by atoms with Crippen LogP contribution in [0.1, 0.15) is 5.56 Å². The van der Waals surface area contributed by atoms with E-state index in [1.165, 1.54) is 37.5 Å². The number of rotatable bonds is 5. The van der Waals surface area contributed by atoms with E-state index in [1.54, 1.807) is 10.8 Å². The minimum atomic E-state index is -0.728. The van der Waals surface area contributed by atoms with E-state index in [1.807, 2.05) is 30.3 Å². The van der Waals surface area contributed by atoms with Crippen molar-refractivity contribution in [2.24, 2.45) is 0 Å². The zero-order valence-electron chi connectivity index (χ0n) is 15.0. The van der Waals surface area contributed by atoms with Crippen molar-refractivity contribution in [3.8, 4) is 6.07 Å². The van der Waals surface area contributed by atoms with Crippen molar-refractivity contribution in [1.29, 1.82) is 5.26 Å². The Morgan fingerprint density at radius 2 is 1.93 bits per heavy atom. The molecule has 1 amide bonds. The molecule has 0 saturated heterocycles. The Hall–Kier alpha value is -3.92. The second-order valence-corrected chi connectivity index (χ2v) is 5.95. The Labute approximate surface area is 160 Å². The van der Waals surface area contributed by atoms with Gasteiger partial charge in [0, 0.05) is 28.4 Å². The van der Waals surface area contributed by atoms with Crippen LogP contribution in [0.5, 0.6) is 0 Å². The Morgan fingerprint density at radius 1 is 1.21 bits per heavy atom. The molecule has 0 aliphatic heterocycles. The molecular weight excluding hydrogens is 361 g/mol. The first-order valence-electron chi connectivity index (χ1n) is 8.35. The van der Waals surface area contributed by atoms with Crippen molar-refractivity contribution in [1.82, 2.24) is 4.57 Å². The van der Waals surface area contributed by atoms with Gasteiger partial charge >= 0.3 is 5.97 Å². The largest absolute Gasteiger partial charge is 0.465 e. The topological polar surface area (TPSA) is 84.1 Å². The number of fused-ring (bicyclic) bond motifs is 1. The maximum absolute atomic E-state index is 13.0. The van der Waals surface area contributed by atoms with E-state index in [0.29, 0.717) is 11.3 Å². The molecule has 3 aromatic rings. The third-order valence-electron chi connectivity index (χ3n) is 4.09. The molecular formula is C21H16FN3O3. The third-order valence-corrected chi connectivity index (χ3v) is 4.09. The van der Waals surface area contributed by atoms with Crippen LogP contribution in [0.25, 0.3) is 17.0 Å². The molecule has 6 nitrogen and oxygen atoms in total. The summed E-state index contributed by atoms with van der Waals surface area (Å²) in [5.41, 5.74) is 1.74. The van der Waals surface area contributed by atoms with Crippen LogP contribution >= 0.6 is 0 Å². The number of carbonyl (C=O) groups is 2. The normalized spacial score (nSPS) is 11.1. The fourth-order valence-electron chi connectivity index (χ4n) is 2.81. The maximum Gasteiger partial charge on any atom is 0.348 e. The van der Waals surface area contributed by atoms with Gasteiger partial charge in [-0.1, -0.05) is 18.2 Å². The molecule has 0 radical (unpaired) electrons. The molecule has 0 atom stereocenters. The van der Waals surface area contributed by atoms with Crippen molar-refractivity contribution in [3.63, 3.8) is 0 Å². The second-order valence-electron chi connectivity index (χ2n) is 5.95. The number of para-hydroxylation sites is 1. The SMILES string of the molecule is COC(=O)/C(C#N)=C/c1cn(CC(=O)Nc2ccc(F)cc2)c2ccccc12. The van der Waals surface area contributed by atoms with Crippen LogP contribution in [0.2, 0.25) is 0 Å². The summed E-state index contributed by atoms with van der Waals surface area (Å²) in [6.07, 6.45) is 3.12. The molecule has 7 heteroatoms. The van der Waals surface area contributed by atoms with Gasteiger partial charge in [-0.25, -0.2) is 9.18 Å². The number of halogens is 1. The average Bonchev–Trinajstić information content (AvgIpc) is 3.04. The lowest BCUT2D eigenvalue weighted by atomic mass is 10.1. The Morgan fingerprint density at radius 3 is 2.61 bits per heavy atom.